The quantitative estimate of drug-likeness (QED) is 0.688. The van der Waals surface area contributed by atoms with E-state index in [0.717, 1.165) is 16.3 Å². The van der Waals surface area contributed by atoms with Crippen molar-refractivity contribution >= 4 is 34.5 Å². The van der Waals surface area contributed by atoms with Gasteiger partial charge in [-0.1, -0.05) is 35.4 Å². The van der Waals surface area contributed by atoms with Gasteiger partial charge in [-0.3, -0.25) is 4.79 Å². The van der Waals surface area contributed by atoms with Gasteiger partial charge in [0.25, 0.3) is 0 Å². The van der Waals surface area contributed by atoms with Crippen molar-refractivity contribution in [1.82, 2.24) is 4.98 Å². The third kappa shape index (κ3) is 4.38. The van der Waals surface area contributed by atoms with Gasteiger partial charge in [0.05, 0.1) is 24.9 Å². The van der Waals surface area contributed by atoms with E-state index in [0.29, 0.717) is 16.5 Å². The van der Waals surface area contributed by atoms with Crippen molar-refractivity contribution in [2.45, 2.75) is 13.3 Å². The molecule has 0 bridgehead atoms. The van der Waals surface area contributed by atoms with E-state index in [4.69, 9.17) is 16.3 Å². The maximum absolute atomic E-state index is 12.3. The molecule has 0 spiro atoms. The lowest BCUT2D eigenvalue weighted by Gasteiger charge is -2.10. The highest BCUT2D eigenvalue weighted by molar-refractivity contribution is 7.13. The molecule has 1 N–H and O–H groups in total. The molecule has 0 aliphatic rings. The Kier molecular flexibility index (Phi) is 5.36. The lowest BCUT2D eigenvalue weighted by atomic mass is 10.1. The smallest absolute Gasteiger partial charge is 0.230 e. The van der Waals surface area contributed by atoms with Gasteiger partial charge < -0.3 is 10.1 Å². The first-order valence-corrected chi connectivity index (χ1v) is 8.96. The molecule has 3 aromatic rings. The molecule has 0 aliphatic heterocycles. The molecule has 0 saturated carbocycles. The van der Waals surface area contributed by atoms with Gasteiger partial charge in [0, 0.05) is 16.0 Å². The van der Waals surface area contributed by atoms with Gasteiger partial charge in [-0.25, -0.2) is 4.98 Å². The van der Waals surface area contributed by atoms with E-state index in [2.05, 4.69) is 16.4 Å². The summed E-state index contributed by atoms with van der Waals surface area (Å²) in [7, 11) is 1.55. The van der Waals surface area contributed by atoms with Gasteiger partial charge in [0.1, 0.15) is 10.8 Å². The number of nitrogens with zero attached hydrogens (tertiary/aromatic N) is 1. The molecule has 1 heterocycles. The molecule has 2 aromatic carbocycles. The Bertz CT molecular complexity index is 908. The monoisotopic (exact) mass is 372 g/mol. The molecule has 6 heteroatoms. The van der Waals surface area contributed by atoms with E-state index in [9.17, 15) is 4.79 Å². The molecule has 1 amide bonds. The van der Waals surface area contributed by atoms with Crippen molar-refractivity contribution in [3.63, 3.8) is 0 Å². The number of thiazole rings is 1. The fourth-order valence-electron chi connectivity index (χ4n) is 2.44. The SMILES string of the molecule is COc1ccc(Cl)cc1NC(=O)Cc1csc(-c2cccc(C)c2)n1. The summed E-state index contributed by atoms with van der Waals surface area (Å²) in [6.07, 6.45) is 0.192. The fourth-order valence-corrected chi connectivity index (χ4v) is 3.42. The van der Waals surface area contributed by atoms with Crippen LogP contribution in [-0.4, -0.2) is 18.0 Å². The number of hydrogen-bond acceptors (Lipinski definition) is 4. The Morgan fingerprint density at radius 1 is 1.28 bits per heavy atom. The van der Waals surface area contributed by atoms with Crippen LogP contribution in [0.1, 0.15) is 11.3 Å². The number of carbonyl (C=O) groups is 1. The number of rotatable bonds is 5. The van der Waals surface area contributed by atoms with E-state index >= 15 is 0 Å². The Balaban J connectivity index is 1.71. The molecule has 1 aromatic heterocycles. The maximum atomic E-state index is 12.3. The van der Waals surface area contributed by atoms with Gasteiger partial charge in [0.15, 0.2) is 0 Å². The second-order valence-corrected chi connectivity index (χ2v) is 6.88. The summed E-state index contributed by atoms with van der Waals surface area (Å²) >= 11 is 7.52. The van der Waals surface area contributed by atoms with Crippen molar-refractivity contribution in [3.8, 4) is 16.3 Å². The van der Waals surface area contributed by atoms with Crippen LogP contribution in [0.15, 0.2) is 47.8 Å². The Hall–Kier alpha value is -2.37. The largest absolute Gasteiger partial charge is 0.495 e. The van der Waals surface area contributed by atoms with E-state index in [1.54, 1.807) is 25.3 Å². The molecular weight excluding hydrogens is 356 g/mol. The molecular formula is C19H17ClN2O2S. The first kappa shape index (κ1) is 17.5. The van der Waals surface area contributed by atoms with E-state index in [-0.39, 0.29) is 12.3 Å². The number of methoxy groups -OCH3 is 1. The third-order valence-electron chi connectivity index (χ3n) is 3.59. The molecule has 0 fully saturated rings. The minimum absolute atomic E-state index is 0.165. The van der Waals surface area contributed by atoms with Crippen molar-refractivity contribution in [2.75, 3.05) is 12.4 Å². The van der Waals surface area contributed by atoms with Crippen molar-refractivity contribution < 1.29 is 9.53 Å². The molecule has 4 nitrogen and oxygen atoms in total. The average molecular weight is 373 g/mol. The zero-order valence-electron chi connectivity index (χ0n) is 13.9. The molecule has 25 heavy (non-hydrogen) atoms. The van der Waals surface area contributed by atoms with Crippen LogP contribution in [0.5, 0.6) is 5.75 Å². The van der Waals surface area contributed by atoms with Crippen molar-refractivity contribution in [3.05, 3.63) is 64.1 Å². The summed E-state index contributed by atoms with van der Waals surface area (Å²) in [4.78, 5) is 16.9. The Labute approximate surface area is 155 Å². The summed E-state index contributed by atoms with van der Waals surface area (Å²) in [5.74, 6) is 0.401. The summed E-state index contributed by atoms with van der Waals surface area (Å²) in [5, 5.41) is 6.18. The molecule has 0 saturated heterocycles. The van der Waals surface area contributed by atoms with Gasteiger partial charge in [-0.15, -0.1) is 11.3 Å². The van der Waals surface area contributed by atoms with Crippen LogP contribution in [0.3, 0.4) is 0 Å². The van der Waals surface area contributed by atoms with E-state index in [1.807, 2.05) is 30.5 Å². The zero-order valence-corrected chi connectivity index (χ0v) is 15.4. The standard InChI is InChI=1S/C19H17ClN2O2S/c1-12-4-3-5-13(8-12)19-21-15(11-25-19)10-18(23)22-16-9-14(20)6-7-17(16)24-2/h3-9,11H,10H2,1-2H3,(H,22,23). The second kappa shape index (κ2) is 7.68. The molecule has 0 aliphatic carbocycles. The van der Waals surface area contributed by atoms with Crippen LogP contribution in [0, 0.1) is 6.92 Å². The van der Waals surface area contributed by atoms with E-state index < -0.39 is 0 Å². The first-order valence-electron chi connectivity index (χ1n) is 7.70. The van der Waals surface area contributed by atoms with Gasteiger partial charge >= 0.3 is 0 Å². The number of carbonyl (C=O) groups excluding carboxylic acids is 1. The van der Waals surface area contributed by atoms with Gasteiger partial charge in [-0.2, -0.15) is 0 Å². The fraction of sp³-hybridized carbons (Fsp3) is 0.158. The minimum Gasteiger partial charge on any atom is -0.495 e. The van der Waals surface area contributed by atoms with Crippen LogP contribution in [0.2, 0.25) is 5.02 Å². The zero-order chi connectivity index (χ0) is 17.8. The Morgan fingerprint density at radius 3 is 2.88 bits per heavy atom. The number of amides is 1. The number of ether oxygens (including phenoxy) is 1. The molecule has 0 radical (unpaired) electrons. The minimum atomic E-state index is -0.165. The van der Waals surface area contributed by atoms with E-state index in [1.165, 1.54) is 16.9 Å². The van der Waals surface area contributed by atoms with Crippen LogP contribution in [0.25, 0.3) is 10.6 Å². The topological polar surface area (TPSA) is 51.2 Å². The highest BCUT2D eigenvalue weighted by Gasteiger charge is 2.12. The molecule has 0 atom stereocenters. The van der Waals surface area contributed by atoms with Crippen LogP contribution in [0.4, 0.5) is 5.69 Å². The predicted octanol–water partition coefficient (Wildman–Crippen LogP) is 4.96. The highest BCUT2D eigenvalue weighted by atomic mass is 35.5. The molecule has 3 rings (SSSR count). The number of nitrogens with one attached hydrogen (secondary N) is 1. The summed E-state index contributed by atoms with van der Waals surface area (Å²) in [6.45, 7) is 2.05. The highest BCUT2D eigenvalue weighted by Crippen LogP contribution is 2.28. The van der Waals surface area contributed by atoms with Crippen LogP contribution < -0.4 is 10.1 Å². The van der Waals surface area contributed by atoms with Crippen molar-refractivity contribution in [2.24, 2.45) is 0 Å². The lowest BCUT2D eigenvalue weighted by molar-refractivity contribution is -0.115. The van der Waals surface area contributed by atoms with Crippen LogP contribution in [-0.2, 0) is 11.2 Å². The molecule has 0 unspecified atom stereocenters. The van der Waals surface area contributed by atoms with Gasteiger partial charge in [-0.05, 0) is 31.2 Å². The number of aromatic nitrogens is 1. The summed E-state index contributed by atoms with van der Waals surface area (Å²) in [5.41, 5.74) is 3.53. The number of aryl methyl sites for hydroxylation is 1. The Morgan fingerprint density at radius 2 is 2.12 bits per heavy atom. The van der Waals surface area contributed by atoms with Crippen LogP contribution >= 0.6 is 22.9 Å². The lowest BCUT2D eigenvalue weighted by Crippen LogP contribution is -2.15. The summed E-state index contributed by atoms with van der Waals surface area (Å²) < 4.78 is 5.24. The molecule has 128 valence electrons. The number of anilines is 1. The predicted molar refractivity (Wildman–Crippen MR) is 103 cm³/mol. The second-order valence-electron chi connectivity index (χ2n) is 5.58. The van der Waals surface area contributed by atoms with Crippen molar-refractivity contribution in [1.29, 1.82) is 0 Å². The third-order valence-corrected chi connectivity index (χ3v) is 4.77. The number of hydrogen-bond donors (Lipinski definition) is 1. The normalized spacial score (nSPS) is 10.5. The summed E-state index contributed by atoms with van der Waals surface area (Å²) in [6, 6.07) is 13.2. The first-order chi connectivity index (χ1) is 12.0. The number of halogens is 1. The number of benzene rings is 2. The average Bonchev–Trinajstić information content (AvgIpc) is 3.03. The maximum Gasteiger partial charge on any atom is 0.230 e. The van der Waals surface area contributed by atoms with Gasteiger partial charge in [0.2, 0.25) is 5.91 Å².